The Kier molecular flexibility index (Phi) is 11.3. The molecule has 0 fully saturated rings. The molecule has 12 nitrogen and oxygen atoms in total. The van der Waals surface area contributed by atoms with Crippen LogP contribution in [0.1, 0.15) is 38.5 Å². The molecule has 154 valence electrons. The lowest BCUT2D eigenvalue weighted by molar-refractivity contribution is -0.147. The van der Waals surface area contributed by atoms with Gasteiger partial charge in [-0.25, -0.2) is 4.79 Å². The van der Waals surface area contributed by atoms with Gasteiger partial charge in [0.1, 0.15) is 12.1 Å². The summed E-state index contributed by atoms with van der Waals surface area (Å²) in [6.45, 7) is 0.429. The quantitative estimate of drug-likeness (QED) is 0.159. The molecular weight excluding hydrogens is 364 g/mol. The molecule has 0 rings (SSSR count). The van der Waals surface area contributed by atoms with Crippen LogP contribution in [0.5, 0.6) is 0 Å². The van der Waals surface area contributed by atoms with Gasteiger partial charge in [0.25, 0.3) is 0 Å². The van der Waals surface area contributed by atoms with Gasteiger partial charge in [0, 0.05) is 6.42 Å². The summed E-state index contributed by atoms with van der Waals surface area (Å²) >= 11 is 0. The SMILES string of the molecule is NCCCCC(N)C(=O)NC(CCC(=O)O)C(=O)NC(CC(=O)O)C(=O)O. The molecule has 0 aromatic rings. The lowest BCUT2D eigenvalue weighted by Crippen LogP contribution is -2.54. The number of carbonyl (C=O) groups is 5. The molecule has 3 atom stereocenters. The lowest BCUT2D eigenvalue weighted by Gasteiger charge is -2.22. The van der Waals surface area contributed by atoms with Gasteiger partial charge in [-0.2, -0.15) is 0 Å². The van der Waals surface area contributed by atoms with E-state index in [1.807, 2.05) is 5.32 Å². The second kappa shape index (κ2) is 12.6. The zero-order valence-corrected chi connectivity index (χ0v) is 14.7. The highest BCUT2D eigenvalue weighted by atomic mass is 16.4. The summed E-state index contributed by atoms with van der Waals surface area (Å²) in [6, 6.07) is -4.05. The summed E-state index contributed by atoms with van der Waals surface area (Å²) in [5, 5.41) is 30.7. The van der Waals surface area contributed by atoms with E-state index in [0.29, 0.717) is 25.8 Å². The minimum absolute atomic E-state index is 0.299. The van der Waals surface area contributed by atoms with E-state index >= 15 is 0 Å². The van der Waals surface area contributed by atoms with E-state index in [4.69, 9.17) is 26.8 Å². The maximum atomic E-state index is 12.2. The van der Waals surface area contributed by atoms with Gasteiger partial charge in [-0.15, -0.1) is 0 Å². The van der Waals surface area contributed by atoms with Gasteiger partial charge in [-0.3, -0.25) is 19.2 Å². The van der Waals surface area contributed by atoms with Crippen LogP contribution in [0.15, 0.2) is 0 Å². The standard InChI is InChI=1S/C15H26N4O8/c16-6-2-1-3-8(17)13(24)18-9(4-5-11(20)21)14(25)19-10(15(26)27)7-12(22)23/h8-10H,1-7,16-17H2,(H,18,24)(H,19,25)(H,20,21)(H,22,23)(H,26,27). The summed E-state index contributed by atoms with van der Waals surface area (Å²) in [6.07, 6.45) is -0.137. The Balaban J connectivity index is 5.01. The molecule has 0 heterocycles. The minimum Gasteiger partial charge on any atom is -0.481 e. The van der Waals surface area contributed by atoms with Crippen LogP contribution < -0.4 is 22.1 Å². The highest BCUT2D eigenvalue weighted by molar-refractivity contribution is 5.93. The summed E-state index contributed by atoms with van der Waals surface area (Å²) < 4.78 is 0. The van der Waals surface area contributed by atoms with E-state index in [1.54, 1.807) is 0 Å². The van der Waals surface area contributed by atoms with Crippen molar-refractivity contribution >= 4 is 29.7 Å². The number of aliphatic carboxylic acids is 3. The zero-order chi connectivity index (χ0) is 21.0. The van der Waals surface area contributed by atoms with Crippen LogP contribution in [0.25, 0.3) is 0 Å². The predicted octanol–water partition coefficient (Wildman–Crippen LogP) is -2.16. The van der Waals surface area contributed by atoms with Gasteiger partial charge < -0.3 is 37.4 Å². The van der Waals surface area contributed by atoms with Crippen molar-refractivity contribution < 1.29 is 39.3 Å². The number of carboxylic acid groups (broad SMARTS) is 3. The molecule has 0 saturated heterocycles. The molecule has 0 aliphatic carbocycles. The second-order valence-electron chi connectivity index (χ2n) is 5.88. The fourth-order valence-electron chi connectivity index (χ4n) is 2.10. The number of carboxylic acids is 3. The van der Waals surface area contributed by atoms with Crippen LogP contribution in [-0.2, 0) is 24.0 Å². The third kappa shape index (κ3) is 10.8. The number of amides is 2. The fourth-order valence-corrected chi connectivity index (χ4v) is 2.10. The highest BCUT2D eigenvalue weighted by Crippen LogP contribution is 2.04. The normalized spacial score (nSPS) is 13.9. The van der Waals surface area contributed by atoms with Crippen molar-refractivity contribution in [2.75, 3.05) is 6.54 Å². The van der Waals surface area contributed by atoms with Crippen LogP contribution in [-0.4, -0.2) is 69.7 Å². The van der Waals surface area contributed by atoms with E-state index in [0.717, 1.165) is 0 Å². The van der Waals surface area contributed by atoms with E-state index in [1.165, 1.54) is 0 Å². The van der Waals surface area contributed by atoms with Crippen molar-refractivity contribution in [3.63, 3.8) is 0 Å². The predicted molar refractivity (Wildman–Crippen MR) is 91.5 cm³/mol. The van der Waals surface area contributed by atoms with Crippen LogP contribution in [0, 0.1) is 0 Å². The third-order valence-electron chi connectivity index (χ3n) is 3.58. The van der Waals surface area contributed by atoms with Gasteiger partial charge in [0.05, 0.1) is 12.5 Å². The molecule has 0 radical (unpaired) electrons. The number of nitrogens with one attached hydrogen (secondary N) is 2. The smallest absolute Gasteiger partial charge is 0.326 e. The molecule has 0 bridgehead atoms. The molecule has 9 N–H and O–H groups in total. The maximum absolute atomic E-state index is 12.2. The molecule has 0 aliphatic rings. The number of rotatable bonds is 14. The summed E-state index contributed by atoms with van der Waals surface area (Å²) in [7, 11) is 0. The van der Waals surface area contributed by atoms with Crippen LogP contribution >= 0.6 is 0 Å². The Hall–Kier alpha value is -2.73. The average Bonchev–Trinajstić information content (AvgIpc) is 2.56. The first-order valence-electron chi connectivity index (χ1n) is 8.31. The molecule has 2 amide bonds. The van der Waals surface area contributed by atoms with Crippen LogP contribution in [0.2, 0.25) is 0 Å². The highest BCUT2D eigenvalue weighted by Gasteiger charge is 2.29. The third-order valence-corrected chi connectivity index (χ3v) is 3.58. The van der Waals surface area contributed by atoms with Gasteiger partial charge in [0.15, 0.2) is 0 Å². The molecule has 0 aliphatic heterocycles. The summed E-state index contributed by atoms with van der Waals surface area (Å²) in [5.41, 5.74) is 11.0. The zero-order valence-electron chi connectivity index (χ0n) is 14.7. The van der Waals surface area contributed by atoms with Crippen molar-refractivity contribution in [3.05, 3.63) is 0 Å². The van der Waals surface area contributed by atoms with E-state index in [9.17, 15) is 24.0 Å². The molecule has 0 spiro atoms. The topological polar surface area (TPSA) is 222 Å². The first-order chi connectivity index (χ1) is 12.6. The Morgan fingerprint density at radius 1 is 0.815 bits per heavy atom. The van der Waals surface area contributed by atoms with Gasteiger partial charge in [-0.05, 0) is 25.8 Å². The Bertz CT molecular complexity index is 554. The van der Waals surface area contributed by atoms with Gasteiger partial charge >= 0.3 is 17.9 Å². The molecule has 0 aromatic carbocycles. The Labute approximate surface area is 155 Å². The fraction of sp³-hybridized carbons (Fsp3) is 0.667. The van der Waals surface area contributed by atoms with Gasteiger partial charge in [0.2, 0.25) is 11.8 Å². The van der Waals surface area contributed by atoms with Gasteiger partial charge in [-0.1, -0.05) is 6.42 Å². The van der Waals surface area contributed by atoms with Crippen molar-refractivity contribution in [1.29, 1.82) is 0 Å². The van der Waals surface area contributed by atoms with Crippen LogP contribution in [0.3, 0.4) is 0 Å². The Morgan fingerprint density at radius 3 is 1.89 bits per heavy atom. The number of nitrogens with two attached hydrogens (primary N) is 2. The number of unbranched alkanes of at least 4 members (excludes halogenated alkanes) is 1. The van der Waals surface area contributed by atoms with Crippen molar-refractivity contribution in [2.45, 2.75) is 56.7 Å². The number of carbonyl (C=O) groups excluding carboxylic acids is 2. The number of hydrogen-bond donors (Lipinski definition) is 7. The van der Waals surface area contributed by atoms with Crippen molar-refractivity contribution in [2.24, 2.45) is 11.5 Å². The summed E-state index contributed by atoms with van der Waals surface area (Å²) in [4.78, 5) is 56.8. The molecule has 0 aromatic heterocycles. The maximum Gasteiger partial charge on any atom is 0.326 e. The monoisotopic (exact) mass is 390 g/mol. The first-order valence-corrected chi connectivity index (χ1v) is 8.31. The second-order valence-corrected chi connectivity index (χ2v) is 5.88. The average molecular weight is 390 g/mol. The molecular formula is C15H26N4O8. The van der Waals surface area contributed by atoms with Crippen molar-refractivity contribution in [1.82, 2.24) is 10.6 Å². The van der Waals surface area contributed by atoms with Crippen molar-refractivity contribution in [3.8, 4) is 0 Å². The Morgan fingerprint density at radius 2 is 1.41 bits per heavy atom. The van der Waals surface area contributed by atoms with Crippen LogP contribution in [0.4, 0.5) is 0 Å². The molecule has 12 heteroatoms. The number of hydrogen-bond acceptors (Lipinski definition) is 7. The summed E-state index contributed by atoms with van der Waals surface area (Å²) in [5.74, 6) is -5.96. The first kappa shape index (κ1) is 24.3. The van der Waals surface area contributed by atoms with E-state index < -0.39 is 60.7 Å². The molecule has 0 saturated carbocycles. The molecule has 27 heavy (non-hydrogen) atoms. The largest absolute Gasteiger partial charge is 0.481 e. The molecule has 3 unspecified atom stereocenters. The van der Waals surface area contributed by atoms with E-state index in [2.05, 4.69) is 5.32 Å². The minimum atomic E-state index is -1.72. The van der Waals surface area contributed by atoms with E-state index in [-0.39, 0.29) is 6.42 Å². The lowest BCUT2D eigenvalue weighted by atomic mass is 10.1.